The molecule has 0 aromatic heterocycles. The van der Waals surface area contributed by atoms with Gasteiger partial charge in [0.15, 0.2) is 5.75 Å². The van der Waals surface area contributed by atoms with E-state index in [0.29, 0.717) is 5.92 Å². The molecule has 0 atom stereocenters. The lowest BCUT2D eigenvalue weighted by atomic mass is 9.77. The number of hydrogen-bond donors (Lipinski definition) is 1. The van der Waals surface area contributed by atoms with Gasteiger partial charge in [0.1, 0.15) is 0 Å². The molecule has 0 aliphatic heterocycles. The van der Waals surface area contributed by atoms with E-state index in [0.717, 1.165) is 24.3 Å². The number of hydrogen-bond acceptors (Lipinski definition) is 3. The van der Waals surface area contributed by atoms with Gasteiger partial charge in [0.2, 0.25) is 0 Å². The average Bonchev–Trinajstić information content (AvgIpc) is 2.59. The van der Waals surface area contributed by atoms with Gasteiger partial charge in [-0.3, -0.25) is 10.1 Å². The Bertz CT molecular complexity index is 522. The van der Waals surface area contributed by atoms with Gasteiger partial charge in [-0.25, -0.2) is 0 Å². The number of nitrogens with zero attached hydrogens (tertiary/aromatic N) is 1. The van der Waals surface area contributed by atoms with Crippen LogP contribution in [0.2, 0.25) is 0 Å². The summed E-state index contributed by atoms with van der Waals surface area (Å²) in [4.78, 5) is 10.5. The SMILES string of the molecule is CCCCCCCC[C@H]1CC[C@H](c2ccc(O)c([N+](=O)[O-])c2)CC1. The van der Waals surface area contributed by atoms with Crippen molar-refractivity contribution in [3.8, 4) is 5.75 Å². The molecule has 0 heterocycles. The van der Waals surface area contributed by atoms with Crippen LogP contribution >= 0.6 is 0 Å². The van der Waals surface area contributed by atoms with Gasteiger partial charge >= 0.3 is 5.69 Å². The van der Waals surface area contributed by atoms with Crippen molar-refractivity contribution in [1.29, 1.82) is 0 Å². The maximum atomic E-state index is 11.0. The first-order chi connectivity index (χ1) is 11.6. The van der Waals surface area contributed by atoms with Gasteiger partial charge in [0.25, 0.3) is 0 Å². The van der Waals surface area contributed by atoms with Gasteiger partial charge < -0.3 is 5.11 Å². The van der Waals surface area contributed by atoms with E-state index in [2.05, 4.69) is 6.92 Å². The number of nitro groups is 1. The predicted octanol–water partition coefficient (Wildman–Crippen LogP) is 6.32. The normalized spacial score (nSPS) is 20.9. The molecule has 1 aromatic carbocycles. The summed E-state index contributed by atoms with van der Waals surface area (Å²) >= 11 is 0. The summed E-state index contributed by atoms with van der Waals surface area (Å²) in [6.45, 7) is 2.25. The molecule has 2 rings (SSSR count). The zero-order valence-corrected chi connectivity index (χ0v) is 14.9. The van der Waals surface area contributed by atoms with Crippen LogP contribution in [0.1, 0.15) is 89.0 Å². The number of phenolic OH excluding ortho intramolecular Hbond substituents is 1. The van der Waals surface area contributed by atoms with Crippen LogP contribution in [-0.4, -0.2) is 10.0 Å². The second kappa shape index (κ2) is 9.65. The van der Waals surface area contributed by atoms with Crippen LogP contribution in [0.15, 0.2) is 18.2 Å². The van der Waals surface area contributed by atoms with Gasteiger partial charge in [-0.2, -0.15) is 0 Å². The molecule has 0 unspecified atom stereocenters. The Labute approximate surface area is 145 Å². The molecule has 1 aromatic rings. The first kappa shape index (κ1) is 18.8. The Hall–Kier alpha value is -1.58. The van der Waals surface area contributed by atoms with Gasteiger partial charge in [0.05, 0.1) is 4.92 Å². The topological polar surface area (TPSA) is 63.4 Å². The van der Waals surface area contributed by atoms with Crippen molar-refractivity contribution in [2.75, 3.05) is 0 Å². The predicted molar refractivity (Wildman–Crippen MR) is 97.5 cm³/mol. The van der Waals surface area contributed by atoms with E-state index in [9.17, 15) is 15.2 Å². The van der Waals surface area contributed by atoms with Crippen molar-refractivity contribution in [1.82, 2.24) is 0 Å². The quantitative estimate of drug-likeness (QED) is 0.326. The third kappa shape index (κ3) is 5.50. The Balaban J connectivity index is 1.74. The lowest BCUT2D eigenvalue weighted by molar-refractivity contribution is -0.385. The summed E-state index contributed by atoms with van der Waals surface area (Å²) in [7, 11) is 0. The van der Waals surface area contributed by atoms with Crippen LogP contribution in [0.5, 0.6) is 5.75 Å². The van der Waals surface area contributed by atoms with Crippen LogP contribution in [0, 0.1) is 16.0 Å². The standard InChI is InChI=1S/C20H31NO3/c1-2-3-4-5-6-7-8-16-9-11-17(12-10-16)18-13-14-20(22)19(15-18)21(23)24/h13-17,22H,2-12H2,1H3/t16-,17-. The second-order valence-corrected chi connectivity index (χ2v) is 7.28. The van der Waals surface area contributed by atoms with E-state index in [4.69, 9.17) is 0 Å². The number of phenols is 1. The minimum absolute atomic E-state index is 0.165. The van der Waals surface area contributed by atoms with E-state index < -0.39 is 4.92 Å². The number of nitro benzene ring substituents is 1. The lowest BCUT2D eigenvalue weighted by Crippen LogP contribution is -2.13. The molecule has 1 saturated carbocycles. The first-order valence-corrected chi connectivity index (χ1v) is 9.59. The van der Waals surface area contributed by atoms with E-state index in [1.54, 1.807) is 6.07 Å². The number of rotatable bonds is 9. The van der Waals surface area contributed by atoms with Crippen LogP contribution in [0.3, 0.4) is 0 Å². The molecule has 1 aliphatic carbocycles. The Morgan fingerprint density at radius 3 is 2.42 bits per heavy atom. The number of unbranched alkanes of at least 4 members (excludes halogenated alkanes) is 5. The van der Waals surface area contributed by atoms with Crippen molar-refractivity contribution >= 4 is 5.69 Å². The fourth-order valence-electron chi connectivity index (χ4n) is 3.94. The van der Waals surface area contributed by atoms with Crippen molar-refractivity contribution in [2.45, 2.75) is 83.5 Å². The first-order valence-electron chi connectivity index (χ1n) is 9.59. The average molecular weight is 333 g/mol. The molecule has 24 heavy (non-hydrogen) atoms. The van der Waals surface area contributed by atoms with E-state index in [1.807, 2.05) is 6.07 Å². The maximum Gasteiger partial charge on any atom is 0.310 e. The molecule has 0 radical (unpaired) electrons. The fraction of sp³-hybridized carbons (Fsp3) is 0.700. The zero-order valence-electron chi connectivity index (χ0n) is 14.9. The molecule has 1 fully saturated rings. The maximum absolute atomic E-state index is 11.0. The Kier molecular flexibility index (Phi) is 7.54. The lowest BCUT2D eigenvalue weighted by Gasteiger charge is -2.28. The van der Waals surface area contributed by atoms with Gasteiger partial charge in [0, 0.05) is 6.07 Å². The summed E-state index contributed by atoms with van der Waals surface area (Å²) in [6.07, 6.45) is 14.2. The highest BCUT2D eigenvalue weighted by Crippen LogP contribution is 2.40. The van der Waals surface area contributed by atoms with Crippen LogP contribution < -0.4 is 0 Å². The van der Waals surface area contributed by atoms with E-state index >= 15 is 0 Å². The molecule has 1 N–H and O–H groups in total. The molecule has 0 saturated heterocycles. The Morgan fingerprint density at radius 2 is 1.75 bits per heavy atom. The molecule has 0 spiro atoms. The van der Waals surface area contributed by atoms with Crippen LogP contribution in [0.4, 0.5) is 5.69 Å². The van der Waals surface area contributed by atoms with Crippen molar-refractivity contribution < 1.29 is 10.0 Å². The Morgan fingerprint density at radius 1 is 1.08 bits per heavy atom. The zero-order chi connectivity index (χ0) is 17.4. The summed E-state index contributed by atoms with van der Waals surface area (Å²) in [6, 6.07) is 4.88. The molecule has 0 amide bonds. The smallest absolute Gasteiger partial charge is 0.310 e. The monoisotopic (exact) mass is 333 g/mol. The van der Waals surface area contributed by atoms with Gasteiger partial charge in [-0.15, -0.1) is 0 Å². The molecular weight excluding hydrogens is 302 g/mol. The fourth-order valence-corrected chi connectivity index (χ4v) is 3.94. The third-order valence-corrected chi connectivity index (χ3v) is 5.48. The summed E-state index contributed by atoms with van der Waals surface area (Å²) < 4.78 is 0. The van der Waals surface area contributed by atoms with Crippen molar-refractivity contribution in [3.05, 3.63) is 33.9 Å². The van der Waals surface area contributed by atoms with E-state index in [1.165, 1.54) is 63.9 Å². The molecule has 4 nitrogen and oxygen atoms in total. The summed E-state index contributed by atoms with van der Waals surface area (Å²) in [5.74, 6) is 1.00. The molecule has 134 valence electrons. The number of aromatic hydroxyl groups is 1. The minimum Gasteiger partial charge on any atom is -0.502 e. The highest BCUT2D eigenvalue weighted by molar-refractivity contribution is 5.48. The van der Waals surface area contributed by atoms with Gasteiger partial charge in [-0.05, 0) is 49.1 Å². The van der Waals surface area contributed by atoms with Crippen molar-refractivity contribution in [3.63, 3.8) is 0 Å². The molecule has 4 heteroatoms. The molecular formula is C20H31NO3. The largest absolute Gasteiger partial charge is 0.502 e. The number of benzene rings is 1. The third-order valence-electron chi connectivity index (χ3n) is 5.48. The van der Waals surface area contributed by atoms with E-state index in [-0.39, 0.29) is 11.4 Å². The van der Waals surface area contributed by atoms with Gasteiger partial charge in [-0.1, -0.05) is 57.9 Å². The summed E-state index contributed by atoms with van der Waals surface area (Å²) in [5.41, 5.74) is 0.846. The van der Waals surface area contributed by atoms with Crippen LogP contribution in [0.25, 0.3) is 0 Å². The second-order valence-electron chi connectivity index (χ2n) is 7.28. The molecule has 0 bridgehead atoms. The van der Waals surface area contributed by atoms with Crippen molar-refractivity contribution in [2.24, 2.45) is 5.92 Å². The highest BCUT2D eigenvalue weighted by Gasteiger charge is 2.24. The highest BCUT2D eigenvalue weighted by atomic mass is 16.6. The molecule has 1 aliphatic rings. The van der Waals surface area contributed by atoms with Crippen LogP contribution in [-0.2, 0) is 0 Å². The minimum atomic E-state index is -0.497. The summed E-state index contributed by atoms with van der Waals surface area (Å²) in [5, 5.41) is 20.5.